The first kappa shape index (κ1) is 26.8. The zero-order chi connectivity index (χ0) is 25.6. The molecule has 35 heavy (non-hydrogen) atoms. The molecule has 1 saturated heterocycles. The molecule has 3 rings (SSSR count). The fourth-order valence-corrected chi connectivity index (χ4v) is 4.93. The number of pyridine rings is 1. The molecule has 0 N–H and O–H groups in total. The van der Waals surface area contributed by atoms with E-state index in [0.29, 0.717) is 51.4 Å². The Hall–Kier alpha value is -2.79. The van der Waals surface area contributed by atoms with Gasteiger partial charge in [0.25, 0.3) is 5.91 Å². The largest absolute Gasteiger partial charge is 0.487 e. The average Bonchev–Trinajstić information content (AvgIpc) is 2.85. The molecule has 3 heterocycles. The third kappa shape index (κ3) is 5.11. The molecular weight excluding hydrogens is 456 g/mol. The molecule has 196 valence electrons. The summed E-state index contributed by atoms with van der Waals surface area (Å²) in [5.74, 6) is -0.213. The molecule has 11 nitrogen and oxygen atoms in total. The Morgan fingerprint density at radius 3 is 2.46 bits per heavy atom. The summed E-state index contributed by atoms with van der Waals surface area (Å²) in [5.41, 5.74) is -0.307. The van der Waals surface area contributed by atoms with E-state index < -0.39 is 5.66 Å². The highest BCUT2D eigenvalue weighted by molar-refractivity contribution is 5.97. The number of hydrogen-bond acceptors (Lipinski definition) is 8. The molecule has 1 fully saturated rings. The Kier molecular flexibility index (Phi) is 9.01. The lowest BCUT2D eigenvalue weighted by molar-refractivity contribution is -0.0431. The third-order valence-electron chi connectivity index (χ3n) is 6.67. The summed E-state index contributed by atoms with van der Waals surface area (Å²) in [4.78, 5) is 42.8. The van der Waals surface area contributed by atoms with Gasteiger partial charge in [-0.1, -0.05) is 13.3 Å². The molecule has 0 atom stereocenters. The van der Waals surface area contributed by atoms with Crippen LogP contribution in [0.25, 0.3) is 0 Å². The van der Waals surface area contributed by atoms with Gasteiger partial charge in [0, 0.05) is 52.7 Å². The van der Waals surface area contributed by atoms with Gasteiger partial charge in [-0.25, -0.2) is 9.47 Å². The van der Waals surface area contributed by atoms with Gasteiger partial charge in [-0.15, -0.1) is 0 Å². The summed E-state index contributed by atoms with van der Waals surface area (Å²) in [6.07, 6.45) is 2.38. The number of carbonyl (C=O) groups excluding carboxylic acids is 2. The van der Waals surface area contributed by atoms with Crippen LogP contribution >= 0.6 is 0 Å². The van der Waals surface area contributed by atoms with Crippen LogP contribution in [0, 0.1) is 0 Å². The maximum Gasteiger partial charge on any atom is 0.409 e. The Morgan fingerprint density at radius 1 is 1.14 bits per heavy atom. The van der Waals surface area contributed by atoms with Crippen LogP contribution in [0.3, 0.4) is 0 Å². The molecule has 0 aliphatic carbocycles. The average molecular weight is 495 g/mol. The standard InChI is InChI=1S/C24H38N4O7/c1-6-9-14-35-21-19(29)15-18(16-33-17-32-5)28-20(21)22(30)27(7-2)24(25(28)4)10-12-26(13-11-24)23(31)34-8-3/h15H,6-14,16-17H2,1-5H3. The van der Waals surface area contributed by atoms with Gasteiger partial charge in [0.15, 0.2) is 11.4 Å². The molecule has 2 aliphatic heterocycles. The summed E-state index contributed by atoms with van der Waals surface area (Å²) in [6.45, 7) is 7.85. The molecule has 0 saturated carbocycles. The Labute approximate surface area is 206 Å². The van der Waals surface area contributed by atoms with Gasteiger partial charge in [0.05, 0.1) is 25.5 Å². The number of fused-ring (bicyclic) bond motifs is 1. The van der Waals surface area contributed by atoms with Crippen LogP contribution in [0.2, 0.25) is 0 Å². The predicted molar refractivity (Wildman–Crippen MR) is 129 cm³/mol. The lowest BCUT2D eigenvalue weighted by Gasteiger charge is -2.57. The minimum atomic E-state index is -0.687. The van der Waals surface area contributed by atoms with Gasteiger partial charge in [0.2, 0.25) is 5.43 Å². The van der Waals surface area contributed by atoms with E-state index in [4.69, 9.17) is 18.9 Å². The highest BCUT2D eigenvalue weighted by Gasteiger charge is 2.52. The van der Waals surface area contributed by atoms with Crippen molar-refractivity contribution in [2.75, 3.05) is 58.8 Å². The quantitative estimate of drug-likeness (QED) is 0.360. The highest BCUT2D eigenvalue weighted by atomic mass is 16.7. The van der Waals surface area contributed by atoms with Crippen LogP contribution in [-0.2, 0) is 20.8 Å². The van der Waals surface area contributed by atoms with Crippen LogP contribution in [0.4, 0.5) is 4.79 Å². The van der Waals surface area contributed by atoms with Crippen molar-refractivity contribution in [3.05, 3.63) is 27.7 Å². The number of piperidine rings is 1. The molecule has 11 heteroatoms. The number of likely N-dealkylation sites (tertiary alicyclic amines) is 1. The smallest absolute Gasteiger partial charge is 0.409 e. The lowest BCUT2D eigenvalue weighted by Crippen LogP contribution is -2.72. The minimum Gasteiger partial charge on any atom is -0.487 e. The van der Waals surface area contributed by atoms with Crippen molar-refractivity contribution in [2.45, 2.75) is 58.7 Å². The molecule has 1 spiro atoms. The topological polar surface area (TPSA) is 103 Å². The van der Waals surface area contributed by atoms with Gasteiger partial charge >= 0.3 is 6.09 Å². The summed E-state index contributed by atoms with van der Waals surface area (Å²) in [5, 5.41) is 1.99. The number of carbonyl (C=O) groups is 2. The van der Waals surface area contributed by atoms with Crippen molar-refractivity contribution in [3.8, 4) is 5.75 Å². The van der Waals surface area contributed by atoms with Crippen LogP contribution in [0.1, 0.15) is 62.6 Å². The fraction of sp³-hybridized carbons (Fsp3) is 0.708. The Bertz CT molecular complexity index is 956. The van der Waals surface area contributed by atoms with Crippen molar-refractivity contribution in [2.24, 2.45) is 0 Å². The van der Waals surface area contributed by atoms with Crippen LogP contribution < -0.4 is 15.2 Å². The van der Waals surface area contributed by atoms with E-state index in [1.165, 1.54) is 13.2 Å². The predicted octanol–water partition coefficient (Wildman–Crippen LogP) is 2.14. The fourth-order valence-electron chi connectivity index (χ4n) is 4.93. The summed E-state index contributed by atoms with van der Waals surface area (Å²) in [6, 6.07) is 1.47. The van der Waals surface area contributed by atoms with Crippen LogP contribution in [0.15, 0.2) is 10.9 Å². The number of ether oxygens (including phenoxy) is 4. The molecule has 0 aromatic carbocycles. The van der Waals surface area contributed by atoms with Crippen molar-refractivity contribution >= 4 is 12.0 Å². The van der Waals surface area contributed by atoms with E-state index in [9.17, 15) is 14.4 Å². The molecule has 2 amide bonds. The molecule has 2 aliphatic rings. The summed E-state index contributed by atoms with van der Waals surface area (Å²) in [7, 11) is 3.42. The molecule has 0 unspecified atom stereocenters. The van der Waals surface area contributed by atoms with Gasteiger partial charge in [-0.2, -0.15) is 0 Å². The number of amides is 2. The Balaban J connectivity index is 2.07. The highest BCUT2D eigenvalue weighted by Crippen LogP contribution is 2.38. The van der Waals surface area contributed by atoms with Gasteiger partial charge in [-0.3, -0.25) is 14.6 Å². The van der Waals surface area contributed by atoms with Gasteiger partial charge < -0.3 is 28.7 Å². The summed E-state index contributed by atoms with van der Waals surface area (Å²) >= 11 is 0. The number of rotatable bonds is 10. The van der Waals surface area contributed by atoms with E-state index in [-0.39, 0.29) is 42.3 Å². The molecule has 1 aromatic rings. The zero-order valence-electron chi connectivity index (χ0n) is 21.5. The lowest BCUT2D eigenvalue weighted by atomic mass is 9.92. The SMILES string of the molecule is CCCCOc1c2n(c(COCOC)cc1=O)N(C)C1(CCN(C(=O)OCC)CC1)N(CC)C2=O. The van der Waals surface area contributed by atoms with Crippen molar-refractivity contribution in [1.82, 2.24) is 14.5 Å². The number of unbranched alkanes of at least 4 members (excludes halogenated alkanes) is 1. The first-order valence-corrected chi connectivity index (χ1v) is 12.3. The monoisotopic (exact) mass is 494 g/mol. The van der Waals surface area contributed by atoms with Crippen molar-refractivity contribution in [3.63, 3.8) is 0 Å². The second-order valence-electron chi connectivity index (χ2n) is 8.69. The maximum absolute atomic E-state index is 14.0. The molecule has 0 bridgehead atoms. The molecular formula is C24H38N4O7. The van der Waals surface area contributed by atoms with Gasteiger partial charge in [-0.05, 0) is 20.3 Å². The van der Waals surface area contributed by atoms with E-state index in [2.05, 4.69) is 0 Å². The van der Waals surface area contributed by atoms with Gasteiger partial charge in [0.1, 0.15) is 12.5 Å². The summed E-state index contributed by atoms with van der Waals surface area (Å²) < 4.78 is 23.4. The molecule has 0 radical (unpaired) electrons. The first-order valence-electron chi connectivity index (χ1n) is 12.3. The van der Waals surface area contributed by atoms with Crippen molar-refractivity contribution < 1.29 is 28.5 Å². The van der Waals surface area contributed by atoms with E-state index in [0.717, 1.165) is 12.8 Å². The Morgan fingerprint density at radius 2 is 1.86 bits per heavy atom. The van der Waals surface area contributed by atoms with E-state index in [1.54, 1.807) is 21.4 Å². The first-order chi connectivity index (χ1) is 16.9. The zero-order valence-corrected chi connectivity index (χ0v) is 21.5. The number of aromatic nitrogens is 1. The number of methoxy groups -OCH3 is 1. The number of nitrogens with zero attached hydrogens (tertiary/aromatic N) is 4. The van der Waals surface area contributed by atoms with Crippen LogP contribution in [0.5, 0.6) is 5.75 Å². The normalized spacial score (nSPS) is 17.1. The maximum atomic E-state index is 14.0. The second kappa shape index (κ2) is 11.8. The third-order valence-corrected chi connectivity index (χ3v) is 6.67. The molecule has 1 aromatic heterocycles. The second-order valence-corrected chi connectivity index (χ2v) is 8.69. The minimum absolute atomic E-state index is 0.0522. The van der Waals surface area contributed by atoms with E-state index >= 15 is 0 Å². The van der Waals surface area contributed by atoms with E-state index in [1.807, 2.05) is 25.9 Å². The number of hydrogen-bond donors (Lipinski definition) is 0. The van der Waals surface area contributed by atoms with Crippen LogP contribution in [-0.4, -0.2) is 85.9 Å². The van der Waals surface area contributed by atoms with Crippen molar-refractivity contribution in [1.29, 1.82) is 0 Å².